The number of benzene rings is 2. The zero-order chi connectivity index (χ0) is 25.3. The summed E-state index contributed by atoms with van der Waals surface area (Å²) < 4.78 is 1.63. The lowest BCUT2D eigenvalue weighted by atomic mass is 10.1. The number of nitro groups is 2. The van der Waals surface area contributed by atoms with Crippen LogP contribution in [0, 0.1) is 27.2 Å². The maximum absolute atomic E-state index is 11.0. The number of non-ortho nitro benzene ring substituents is 2. The number of nitro benzene ring substituents is 2. The minimum absolute atomic E-state index is 0.00592. The van der Waals surface area contributed by atoms with Crippen LogP contribution in [0.3, 0.4) is 0 Å². The molecule has 0 fully saturated rings. The second-order valence-corrected chi connectivity index (χ2v) is 8.96. The van der Waals surface area contributed by atoms with Crippen LogP contribution in [0.25, 0.3) is 29.2 Å². The molecule has 35 heavy (non-hydrogen) atoms. The van der Waals surface area contributed by atoms with Crippen molar-refractivity contribution in [2.24, 2.45) is 0 Å². The number of rotatable bonds is 6. The number of hydrogen-bond donors (Lipinski definition) is 1. The van der Waals surface area contributed by atoms with Crippen molar-refractivity contribution in [2.45, 2.75) is 33.2 Å². The second kappa shape index (κ2) is 8.93. The summed E-state index contributed by atoms with van der Waals surface area (Å²) in [7, 11) is 0. The number of nitrogens with zero attached hydrogens (tertiary/aromatic N) is 6. The molecule has 2 aromatic heterocycles. The number of anilines is 1. The van der Waals surface area contributed by atoms with E-state index in [9.17, 15) is 20.2 Å². The lowest BCUT2D eigenvalue weighted by Crippen LogP contribution is -2.27. The first-order valence-corrected chi connectivity index (χ1v) is 10.7. The smallest absolute Gasteiger partial charge is 0.269 e. The maximum atomic E-state index is 11.0. The first-order valence-electron chi connectivity index (χ1n) is 10.7. The molecule has 11 heteroatoms. The van der Waals surface area contributed by atoms with E-state index in [4.69, 9.17) is 0 Å². The van der Waals surface area contributed by atoms with Crippen LogP contribution in [0.2, 0.25) is 0 Å². The highest BCUT2D eigenvalue weighted by Crippen LogP contribution is 2.31. The minimum atomic E-state index is -0.447. The fraction of sp³-hybridized carbons (Fsp3) is 0.208. The first-order chi connectivity index (χ1) is 16.5. The Bertz CT molecular complexity index is 1450. The Kier molecular flexibility index (Phi) is 6.00. The van der Waals surface area contributed by atoms with Crippen LogP contribution in [-0.4, -0.2) is 35.0 Å². The quantitative estimate of drug-likeness (QED) is 0.294. The van der Waals surface area contributed by atoms with E-state index in [0.29, 0.717) is 34.2 Å². The van der Waals surface area contributed by atoms with Crippen molar-refractivity contribution in [3.63, 3.8) is 0 Å². The van der Waals surface area contributed by atoms with E-state index in [2.05, 4.69) is 20.4 Å². The highest BCUT2D eigenvalue weighted by Gasteiger charge is 2.22. The molecule has 1 N–H and O–H groups in total. The Balaban J connectivity index is 1.77. The van der Waals surface area contributed by atoms with Crippen LogP contribution < -0.4 is 5.32 Å². The zero-order valence-corrected chi connectivity index (χ0v) is 19.6. The molecule has 0 radical (unpaired) electrons. The summed E-state index contributed by atoms with van der Waals surface area (Å²) in [4.78, 5) is 30.3. The van der Waals surface area contributed by atoms with Crippen LogP contribution in [0.5, 0.6) is 0 Å². The highest BCUT2D eigenvalue weighted by molar-refractivity contribution is 5.77. The van der Waals surface area contributed by atoms with Crippen LogP contribution >= 0.6 is 0 Å². The van der Waals surface area contributed by atoms with Gasteiger partial charge in [0.2, 0.25) is 0 Å². The molecule has 0 bridgehead atoms. The van der Waals surface area contributed by atoms with E-state index in [1.54, 1.807) is 40.9 Å². The van der Waals surface area contributed by atoms with Crippen molar-refractivity contribution in [3.8, 4) is 11.3 Å². The van der Waals surface area contributed by atoms with Crippen molar-refractivity contribution < 1.29 is 9.85 Å². The average molecular weight is 473 g/mol. The molecule has 0 saturated heterocycles. The first kappa shape index (κ1) is 23.5. The van der Waals surface area contributed by atoms with Gasteiger partial charge in [-0.2, -0.15) is 9.61 Å². The number of aryl methyl sites for hydroxylation is 1. The van der Waals surface area contributed by atoms with Gasteiger partial charge in [-0.15, -0.1) is 0 Å². The van der Waals surface area contributed by atoms with E-state index in [0.717, 1.165) is 5.56 Å². The molecule has 0 saturated carbocycles. The normalized spacial score (nSPS) is 11.8. The van der Waals surface area contributed by atoms with E-state index >= 15 is 0 Å². The van der Waals surface area contributed by atoms with Crippen LogP contribution in [0.1, 0.15) is 37.7 Å². The van der Waals surface area contributed by atoms with Crippen molar-refractivity contribution in [1.29, 1.82) is 0 Å². The van der Waals surface area contributed by atoms with Gasteiger partial charge in [-0.1, -0.05) is 6.08 Å². The molecule has 2 aromatic carbocycles. The summed E-state index contributed by atoms with van der Waals surface area (Å²) in [6, 6.07) is 12.4. The molecule has 0 amide bonds. The van der Waals surface area contributed by atoms with Crippen LogP contribution in [-0.2, 0) is 0 Å². The number of fused-ring (bicyclic) bond motifs is 1. The van der Waals surface area contributed by atoms with Gasteiger partial charge in [0.25, 0.3) is 17.2 Å². The molecule has 0 aliphatic rings. The SMILES string of the molecule is Cc1nn2c(NC(C)(C)C)c(-c3ccc([N+](=O)[O-])cc3)nc2nc1/C=C/c1ccc([N+](=O)[O-])cc1. The third-order valence-corrected chi connectivity index (χ3v) is 5.06. The lowest BCUT2D eigenvalue weighted by Gasteiger charge is -2.22. The molecule has 2 heterocycles. The van der Waals surface area contributed by atoms with Gasteiger partial charge >= 0.3 is 0 Å². The average Bonchev–Trinajstić information content (AvgIpc) is 3.13. The summed E-state index contributed by atoms with van der Waals surface area (Å²) in [5, 5.41) is 30.0. The van der Waals surface area contributed by atoms with Crippen molar-refractivity contribution in [1.82, 2.24) is 19.6 Å². The largest absolute Gasteiger partial charge is 0.363 e. The van der Waals surface area contributed by atoms with Crippen molar-refractivity contribution in [2.75, 3.05) is 5.32 Å². The fourth-order valence-electron chi connectivity index (χ4n) is 3.41. The third-order valence-electron chi connectivity index (χ3n) is 5.06. The Labute approximate surface area is 200 Å². The summed E-state index contributed by atoms with van der Waals surface area (Å²) in [5.41, 5.74) is 3.00. The molecule has 4 rings (SSSR count). The molecule has 0 aliphatic heterocycles. The standard InChI is InChI=1S/C24H23N7O4/c1-15-20(14-7-16-5-10-18(11-6-16)30(32)33)25-23-26-21(17-8-12-19(13-9-17)31(34)35)22(29(23)28-15)27-24(2,3)4/h5-14,27H,1-4H3/b14-7+. The van der Waals surface area contributed by atoms with E-state index in [1.165, 1.54) is 24.3 Å². The van der Waals surface area contributed by atoms with E-state index < -0.39 is 9.85 Å². The van der Waals surface area contributed by atoms with Gasteiger partial charge in [0.15, 0.2) is 5.82 Å². The molecular formula is C24H23N7O4. The Morgan fingerprint density at radius 3 is 2.00 bits per heavy atom. The molecule has 0 spiro atoms. The summed E-state index contributed by atoms with van der Waals surface area (Å²) >= 11 is 0. The predicted octanol–water partition coefficient (Wildman–Crippen LogP) is 5.30. The molecule has 0 unspecified atom stereocenters. The van der Waals surface area contributed by atoms with Crippen molar-refractivity contribution in [3.05, 3.63) is 85.7 Å². The molecular weight excluding hydrogens is 450 g/mol. The van der Waals surface area contributed by atoms with Gasteiger partial charge < -0.3 is 5.32 Å². The molecule has 4 aromatic rings. The predicted molar refractivity (Wildman–Crippen MR) is 133 cm³/mol. The van der Waals surface area contributed by atoms with Gasteiger partial charge in [0.1, 0.15) is 5.69 Å². The zero-order valence-electron chi connectivity index (χ0n) is 19.6. The second-order valence-electron chi connectivity index (χ2n) is 8.96. The Morgan fingerprint density at radius 1 is 0.886 bits per heavy atom. The summed E-state index contributed by atoms with van der Waals surface area (Å²) in [5.74, 6) is 0.988. The fourth-order valence-corrected chi connectivity index (χ4v) is 3.41. The van der Waals surface area contributed by atoms with Crippen molar-refractivity contribution >= 4 is 35.1 Å². The van der Waals surface area contributed by atoms with Crippen LogP contribution in [0.15, 0.2) is 48.5 Å². The van der Waals surface area contributed by atoms with Gasteiger partial charge in [0, 0.05) is 35.4 Å². The maximum Gasteiger partial charge on any atom is 0.269 e. The molecule has 0 atom stereocenters. The molecule has 0 aliphatic carbocycles. The number of hydrogen-bond acceptors (Lipinski definition) is 8. The van der Waals surface area contributed by atoms with E-state index in [1.807, 2.05) is 27.7 Å². The lowest BCUT2D eigenvalue weighted by molar-refractivity contribution is -0.385. The molecule has 178 valence electrons. The monoisotopic (exact) mass is 473 g/mol. The Hall–Kier alpha value is -4.67. The summed E-state index contributed by atoms with van der Waals surface area (Å²) in [6.07, 6.45) is 3.58. The third kappa shape index (κ3) is 5.13. The van der Waals surface area contributed by atoms with Gasteiger partial charge in [-0.25, -0.2) is 9.97 Å². The van der Waals surface area contributed by atoms with Gasteiger partial charge in [-0.05, 0) is 63.6 Å². The Morgan fingerprint density at radius 2 is 1.46 bits per heavy atom. The highest BCUT2D eigenvalue weighted by atomic mass is 16.6. The number of aromatic nitrogens is 4. The van der Waals surface area contributed by atoms with Gasteiger partial charge in [0.05, 0.1) is 21.2 Å². The number of imidazole rings is 1. The topological polar surface area (TPSA) is 141 Å². The molecule has 11 nitrogen and oxygen atoms in total. The van der Waals surface area contributed by atoms with E-state index in [-0.39, 0.29) is 16.9 Å². The summed E-state index contributed by atoms with van der Waals surface area (Å²) in [6.45, 7) is 7.85. The van der Waals surface area contributed by atoms with Gasteiger partial charge in [-0.3, -0.25) is 20.2 Å². The number of nitrogens with one attached hydrogen (secondary N) is 1. The minimum Gasteiger partial charge on any atom is -0.363 e. The van der Waals surface area contributed by atoms with Crippen LogP contribution in [0.4, 0.5) is 17.2 Å².